The van der Waals surface area contributed by atoms with Gasteiger partial charge in [0, 0.05) is 25.5 Å². The zero-order valence-electron chi connectivity index (χ0n) is 10.9. The van der Waals surface area contributed by atoms with E-state index in [-0.39, 0.29) is 30.6 Å². The predicted octanol–water partition coefficient (Wildman–Crippen LogP) is 2.90. The average molecular weight is 329 g/mol. The molecule has 1 saturated heterocycles. The number of nitrogens with zero attached hydrogens (tertiary/aromatic N) is 2. The Bertz CT molecular complexity index is 478. The minimum Gasteiger partial charge on any atom is -0.356 e. The molecule has 1 atom stereocenters. The summed E-state index contributed by atoms with van der Waals surface area (Å²) in [7, 11) is 0. The number of ketones is 2. The van der Waals surface area contributed by atoms with Gasteiger partial charge in [-0.1, -0.05) is 0 Å². The molecule has 19 heavy (non-hydrogen) atoms. The lowest BCUT2D eigenvalue weighted by atomic mass is 10.1. The molecule has 1 unspecified atom stereocenters. The monoisotopic (exact) mass is 328 g/mol. The fraction of sp³-hybridized carbons (Fsp3) is 0.615. The van der Waals surface area contributed by atoms with E-state index in [1.54, 1.807) is 10.7 Å². The molecule has 0 aromatic carbocycles. The fourth-order valence-electron chi connectivity index (χ4n) is 2.13. The average Bonchev–Trinajstić information content (AvgIpc) is 2.79. The highest BCUT2D eigenvalue weighted by atomic mass is 79.9. The van der Waals surface area contributed by atoms with Crippen molar-refractivity contribution in [3.05, 3.63) is 16.4 Å². The maximum atomic E-state index is 12.1. The maximum Gasteiger partial charge on any atom is 0.181 e. The van der Waals surface area contributed by atoms with Gasteiger partial charge in [-0.2, -0.15) is 5.10 Å². The van der Waals surface area contributed by atoms with E-state index in [0.29, 0.717) is 16.9 Å². The Morgan fingerprint density at radius 3 is 2.89 bits per heavy atom. The first-order valence-electron chi connectivity index (χ1n) is 6.47. The van der Waals surface area contributed by atoms with Crippen LogP contribution >= 0.6 is 15.9 Å². The van der Waals surface area contributed by atoms with E-state index >= 15 is 0 Å². The Hall–Kier alpha value is -1.01. The number of carbonyl (C=O) groups is 2. The Labute approximate surface area is 120 Å². The van der Waals surface area contributed by atoms with Crippen LogP contribution in [0.5, 0.6) is 0 Å². The molecule has 1 aromatic heterocycles. The Morgan fingerprint density at radius 2 is 2.26 bits per heavy atom. The highest BCUT2D eigenvalue weighted by molar-refractivity contribution is 9.10. The lowest BCUT2D eigenvalue weighted by molar-refractivity contribution is -0.116. The van der Waals surface area contributed by atoms with Crippen LogP contribution in [-0.4, -0.2) is 28.0 Å². The molecule has 2 rings (SSSR count). The van der Waals surface area contributed by atoms with Crippen molar-refractivity contribution < 1.29 is 14.3 Å². The standard InChI is InChI=1S/C13H17BrN2O3/c1-9(17)5-6-11(18)10-8-12(14)15-16(10)13-4-2-3-7-19-13/h8,13H,2-7H2,1H3. The molecule has 0 N–H and O–H groups in total. The Kier molecular flexibility index (Phi) is 4.87. The molecule has 5 nitrogen and oxygen atoms in total. The normalized spacial score (nSPS) is 19.4. The lowest BCUT2D eigenvalue weighted by Gasteiger charge is -2.24. The van der Waals surface area contributed by atoms with Crippen LogP contribution in [0.25, 0.3) is 0 Å². The summed E-state index contributed by atoms with van der Waals surface area (Å²) in [6, 6.07) is 1.69. The summed E-state index contributed by atoms with van der Waals surface area (Å²) in [5.74, 6) is -0.0463. The first-order chi connectivity index (χ1) is 9.08. The van der Waals surface area contributed by atoms with Gasteiger partial charge in [0.05, 0.1) is 0 Å². The molecular formula is C13H17BrN2O3. The van der Waals surface area contributed by atoms with E-state index in [9.17, 15) is 9.59 Å². The number of rotatable bonds is 5. The largest absolute Gasteiger partial charge is 0.356 e. The molecular weight excluding hydrogens is 312 g/mol. The molecule has 0 spiro atoms. The van der Waals surface area contributed by atoms with Crippen molar-refractivity contribution in [1.82, 2.24) is 9.78 Å². The first kappa shape index (κ1) is 14.4. The van der Waals surface area contributed by atoms with Crippen molar-refractivity contribution in [2.24, 2.45) is 0 Å². The van der Waals surface area contributed by atoms with E-state index in [1.807, 2.05) is 0 Å². The molecule has 1 fully saturated rings. The molecule has 0 bridgehead atoms. The van der Waals surface area contributed by atoms with E-state index in [2.05, 4.69) is 21.0 Å². The quantitative estimate of drug-likeness (QED) is 0.780. The Balaban J connectivity index is 2.15. The van der Waals surface area contributed by atoms with Crippen molar-refractivity contribution in [2.45, 2.75) is 45.3 Å². The molecule has 1 aromatic rings. The third-order valence-electron chi connectivity index (χ3n) is 3.12. The predicted molar refractivity (Wildman–Crippen MR) is 73.0 cm³/mol. The van der Waals surface area contributed by atoms with E-state index in [4.69, 9.17) is 4.74 Å². The van der Waals surface area contributed by atoms with Gasteiger partial charge < -0.3 is 9.53 Å². The summed E-state index contributed by atoms with van der Waals surface area (Å²) in [6.45, 7) is 2.19. The number of aromatic nitrogens is 2. The molecule has 0 radical (unpaired) electrons. The minimum absolute atomic E-state index is 0.0207. The van der Waals surface area contributed by atoms with Crippen molar-refractivity contribution >= 4 is 27.5 Å². The van der Waals surface area contributed by atoms with Gasteiger partial charge in [-0.25, -0.2) is 4.68 Å². The van der Waals surface area contributed by atoms with Gasteiger partial charge in [0.25, 0.3) is 0 Å². The summed E-state index contributed by atoms with van der Waals surface area (Å²) >= 11 is 3.29. The van der Waals surface area contributed by atoms with Gasteiger partial charge in [0.2, 0.25) is 0 Å². The molecule has 1 aliphatic rings. The van der Waals surface area contributed by atoms with Gasteiger partial charge in [0.15, 0.2) is 12.0 Å². The SMILES string of the molecule is CC(=O)CCC(=O)c1cc(Br)nn1C1CCCCO1. The molecule has 0 amide bonds. The van der Waals surface area contributed by atoms with Crippen LogP contribution in [0.1, 0.15) is 55.7 Å². The van der Waals surface area contributed by atoms with Crippen LogP contribution in [0.3, 0.4) is 0 Å². The zero-order chi connectivity index (χ0) is 13.8. The van der Waals surface area contributed by atoms with Gasteiger partial charge in [-0.05, 0) is 42.1 Å². The van der Waals surface area contributed by atoms with Gasteiger partial charge >= 0.3 is 0 Å². The molecule has 104 valence electrons. The molecule has 1 aliphatic heterocycles. The summed E-state index contributed by atoms with van der Waals surface area (Å²) < 4.78 is 7.92. The van der Waals surface area contributed by atoms with Gasteiger partial charge in [0.1, 0.15) is 16.1 Å². The third kappa shape index (κ3) is 3.73. The van der Waals surface area contributed by atoms with Crippen LogP contribution in [0.4, 0.5) is 0 Å². The summed E-state index contributed by atoms with van der Waals surface area (Å²) in [6.07, 6.45) is 3.31. The van der Waals surface area contributed by atoms with Gasteiger partial charge in [-0.3, -0.25) is 4.79 Å². The molecule has 0 saturated carbocycles. The summed E-state index contributed by atoms with van der Waals surface area (Å²) in [5.41, 5.74) is 0.514. The summed E-state index contributed by atoms with van der Waals surface area (Å²) in [5, 5.41) is 4.29. The van der Waals surface area contributed by atoms with Crippen molar-refractivity contribution in [3.63, 3.8) is 0 Å². The fourth-order valence-corrected chi connectivity index (χ4v) is 2.51. The van der Waals surface area contributed by atoms with E-state index in [0.717, 1.165) is 19.3 Å². The third-order valence-corrected chi connectivity index (χ3v) is 3.51. The van der Waals surface area contributed by atoms with Crippen molar-refractivity contribution in [1.29, 1.82) is 0 Å². The van der Waals surface area contributed by atoms with Gasteiger partial charge in [-0.15, -0.1) is 0 Å². The number of carbonyl (C=O) groups excluding carboxylic acids is 2. The van der Waals surface area contributed by atoms with Crippen LogP contribution in [0.2, 0.25) is 0 Å². The molecule has 6 heteroatoms. The summed E-state index contributed by atoms with van der Waals surface area (Å²) in [4.78, 5) is 23.1. The second kappa shape index (κ2) is 6.43. The highest BCUT2D eigenvalue weighted by Crippen LogP contribution is 2.26. The van der Waals surface area contributed by atoms with E-state index < -0.39 is 0 Å². The van der Waals surface area contributed by atoms with Crippen molar-refractivity contribution in [3.8, 4) is 0 Å². The number of hydrogen-bond acceptors (Lipinski definition) is 4. The Morgan fingerprint density at radius 1 is 1.47 bits per heavy atom. The molecule has 2 heterocycles. The van der Waals surface area contributed by atoms with E-state index in [1.165, 1.54) is 6.92 Å². The van der Waals surface area contributed by atoms with Crippen molar-refractivity contribution in [2.75, 3.05) is 6.61 Å². The number of ether oxygens (including phenoxy) is 1. The minimum atomic E-state index is -0.170. The smallest absolute Gasteiger partial charge is 0.181 e. The van der Waals surface area contributed by atoms with Crippen LogP contribution in [0, 0.1) is 0 Å². The first-order valence-corrected chi connectivity index (χ1v) is 7.26. The maximum absolute atomic E-state index is 12.1. The second-order valence-corrected chi connectivity index (χ2v) is 5.56. The lowest BCUT2D eigenvalue weighted by Crippen LogP contribution is -2.22. The highest BCUT2D eigenvalue weighted by Gasteiger charge is 2.23. The van der Waals surface area contributed by atoms with Crippen LogP contribution in [-0.2, 0) is 9.53 Å². The van der Waals surface area contributed by atoms with Crippen LogP contribution < -0.4 is 0 Å². The van der Waals surface area contributed by atoms with Crippen LogP contribution in [0.15, 0.2) is 10.7 Å². The second-order valence-electron chi connectivity index (χ2n) is 4.74. The topological polar surface area (TPSA) is 61.2 Å². The molecule has 0 aliphatic carbocycles. The number of hydrogen-bond donors (Lipinski definition) is 0. The number of halogens is 1. The zero-order valence-corrected chi connectivity index (χ0v) is 12.5. The number of Topliss-reactive ketones (excluding diaryl/α,β-unsaturated/α-hetero) is 2.